The molecule has 3 aromatic rings. The smallest absolute Gasteiger partial charge is 0.345 e. The number of nitrogens with one attached hydrogen (secondary N) is 1. The largest absolute Gasteiger partial charge is 0.478 e. The van der Waals surface area contributed by atoms with Gasteiger partial charge in [0.05, 0.1) is 5.03 Å². The number of carbonyl (C=O) groups is 2. The van der Waals surface area contributed by atoms with Crippen molar-refractivity contribution in [3.63, 3.8) is 0 Å². The third-order valence-electron chi connectivity index (χ3n) is 7.37. The molecule has 0 saturated carbocycles. The van der Waals surface area contributed by atoms with Crippen molar-refractivity contribution in [3.8, 4) is 0 Å². The second kappa shape index (κ2) is 13.7. The Kier molecular flexibility index (Phi) is 10.6. The van der Waals surface area contributed by atoms with Crippen LogP contribution in [0.5, 0.6) is 0 Å². The van der Waals surface area contributed by atoms with Gasteiger partial charge in [0.25, 0.3) is 5.91 Å². The highest BCUT2D eigenvalue weighted by atomic mass is 35.5. The number of fused-ring (bicyclic) bond motifs is 1. The van der Waals surface area contributed by atoms with Gasteiger partial charge in [-0.3, -0.25) is 4.79 Å². The molecular formula is C34H41ClN2O4. The number of rotatable bonds is 12. The number of halogens is 1. The van der Waals surface area contributed by atoms with Gasteiger partial charge < -0.3 is 19.7 Å². The molecule has 2 N–H and O–H groups in total. The minimum atomic E-state index is -1.06. The fraction of sp³-hybridized carbons (Fsp3) is 0.353. The molecule has 0 spiro atoms. The van der Waals surface area contributed by atoms with E-state index in [4.69, 9.17) is 16.3 Å². The normalized spacial score (nSPS) is 13.1. The van der Waals surface area contributed by atoms with E-state index < -0.39 is 12.1 Å². The molecule has 3 rings (SSSR count). The highest BCUT2D eigenvalue weighted by Crippen LogP contribution is 2.29. The van der Waals surface area contributed by atoms with E-state index in [1.165, 1.54) is 5.56 Å². The predicted octanol–water partition coefficient (Wildman–Crippen LogP) is 8.02. The highest BCUT2D eigenvalue weighted by molar-refractivity contribution is 6.31. The maximum atomic E-state index is 13.1. The third kappa shape index (κ3) is 7.70. The van der Waals surface area contributed by atoms with Crippen LogP contribution in [0.4, 0.5) is 0 Å². The molecule has 0 radical (unpaired) electrons. The first-order chi connectivity index (χ1) is 19.3. The number of nitrogens with zero attached hydrogens (tertiary/aromatic N) is 1. The van der Waals surface area contributed by atoms with Crippen LogP contribution in [0.25, 0.3) is 10.9 Å². The minimum absolute atomic E-state index is 0.121. The van der Waals surface area contributed by atoms with Gasteiger partial charge in [-0.1, -0.05) is 76.2 Å². The number of hydrogen-bond acceptors (Lipinski definition) is 3. The average molecular weight is 577 g/mol. The standard InChI is InChI=1S/C34H41ClN2O4/c1-9-25(16-31(23(7)35)41-32(21(4)5)34(39)40)19-37-24(8)22(6)29-17-28(13-14-30(29)37)33(38)36-18-26-11-10-12-27(15-26)20(2)3/h9-17,20-21,32H,7,18-19H2,1-6,8H3,(H,36,38)(H,39,40)/b25-9+,31-16+. The van der Waals surface area contributed by atoms with Crippen LogP contribution in [-0.4, -0.2) is 27.7 Å². The van der Waals surface area contributed by atoms with Gasteiger partial charge in [0.15, 0.2) is 6.10 Å². The lowest BCUT2D eigenvalue weighted by Crippen LogP contribution is -2.29. The first kappa shape index (κ1) is 31.8. The molecule has 1 unspecified atom stereocenters. The summed E-state index contributed by atoms with van der Waals surface area (Å²) < 4.78 is 7.95. The number of carboxylic acid groups (broad SMARTS) is 1. The number of aromatic nitrogens is 1. The number of ether oxygens (including phenoxy) is 1. The molecule has 1 amide bonds. The lowest BCUT2D eigenvalue weighted by atomic mass is 10.0. The molecule has 0 saturated heterocycles. The summed E-state index contributed by atoms with van der Waals surface area (Å²) in [5.74, 6) is -0.779. The Bertz CT molecular complexity index is 1510. The molecule has 1 atom stereocenters. The summed E-state index contributed by atoms with van der Waals surface area (Å²) in [5.41, 5.74) is 6.94. The van der Waals surface area contributed by atoms with Crippen LogP contribution in [0.15, 0.2) is 77.6 Å². The Morgan fingerprint density at radius 3 is 2.41 bits per heavy atom. The van der Waals surface area contributed by atoms with E-state index in [1.54, 1.807) is 19.9 Å². The monoisotopic (exact) mass is 576 g/mol. The molecule has 0 aliphatic rings. The minimum Gasteiger partial charge on any atom is -0.478 e. The van der Waals surface area contributed by atoms with E-state index in [0.29, 0.717) is 24.6 Å². The van der Waals surface area contributed by atoms with Crippen LogP contribution in [-0.2, 0) is 22.6 Å². The van der Waals surface area contributed by atoms with E-state index in [1.807, 2.05) is 57.2 Å². The second-order valence-corrected chi connectivity index (χ2v) is 11.5. The molecule has 7 heteroatoms. The van der Waals surface area contributed by atoms with Crippen LogP contribution in [0.1, 0.15) is 73.3 Å². The number of carbonyl (C=O) groups excluding carboxylic acids is 1. The summed E-state index contributed by atoms with van der Waals surface area (Å²) in [5, 5.41) is 13.8. The summed E-state index contributed by atoms with van der Waals surface area (Å²) in [6.45, 7) is 18.6. The number of amides is 1. The Labute approximate surface area is 248 Å². The van der Waals surface area contributed by atoms with Crippen LogP contribution in [0.3, 0.4) is 0 Å². The first-order valence-electron chi connectivity index (χ1n) is 13.9. The molecule has 0 aliphatic carbocycles. The van der Waals surface area contributed by atoms with Gasteiger partial charge >= 0.3 is 5.97 Å². The van der Waals surface area contributed by atoms with Gasteiger partial charge in [-0.05, 0) is 73.2 Å². The van der Waals surface area contributed by atoms with Crippen molar-refractivity contribution in [1.82, 2.24) is 9.88 Å². The Morgan fingerprint density at radius 2 is 1.83 bits per heavy atom. The quantitative estimate of drug-likeness (QED) is 0.169. The highest BCUT2D eigenvalue weighted by Gasteiger charge is 2.25. The maximum absolute atomic E-state index is 13.1. The first-order valence-corrected chi connectivity index (χ1v) is 14.3. The molecule has 6 nitrogen and oxygen atoms in total. The SMILES string of the molecule is C=C(Cl)/C(=C\C(=C/C)Cn1c(C)c(C)c2cc(C(=O)NCc3cccc(C(C)C)c3)ccc21)OC(C(=O)O)C(C)C. The van der Waals surface area contributed by atoms with Gasteiger partial charge in [0, 0.05) is 41.2 Å². The van der Waals surface area contributed by atoms with Crippen LogP contribution in [0, 0.1) is 19.8 Å². The summed E-state index contributed by atoms with van der Waals surface area (Å²) >= 11 is 6.21. The van der Waals surface area contributed by atoms with Crippen LogP contribution >= 0.6 is 11.6 Å². The van der Waals surface area contributed by atoms with Crippen molar-refractivity contribution >= 4 is 34.4 Å². The van der Waals surface area contributed by atoms with Crippen molar-refractivity contribution < 1.29 is 19.4 Å². The van der Waals surface area contributed by atoms with Crippen LogP contribution in [0.2, 0.25) is 0 Å². The number of aliphatic carboxylic acids is 1. The van der Waals surface area contributed by atoms with Crippen molar-refractivity contribution in [2.75, 3.05) is 0 Å². The number of hydrogen-bond donors (Lipinski definition) is 2. The van der Waals surface area contributed by atoms with E-state index in [9.17, 15) is 14.7 Å². The van der Waals surface area contributed by atoms with Gasteiger partial charge in [0.1, 0.15) is 5.76 Å². The maximum Gasteiger partial charge on any atom is 0.345 e. The van der Waals surface area contributed by atoms with Gasteiger partial charge in [-0.2, -0.15) is 0 Å². The van der Waals surface area contributed by atoms with E-state index in [-0.39, 0.29) is 22.6 Å². The summed E-state index contributed by atoms with van der Waals surface area (Å²) in [7, 11) is 0. The van der Waals surface area contributed by atoms with Crippen molar-refractivity contribution in [3.05, 3.63) is 106 Å². The number of aryl methyl sites for hydroxylation is 1. The molecule has 218 valence electrons. The fourth-order valence-corrected chi connectivity index (χ4v) is 4.80. The second-order valence-electron chi connectivity index (χ2n) is 11.0. The summed E-state index contributed by atoms with van der Waals surface area (Å²) in [6, 6.07) is 14.0. The number of benzene rings is 2. The zero-order chi connectivity index (χ0) is 30.4. The number of carboxylic acids is 1. The van der Waals surface area contributed by atoms with Crippen LogP contribution < -0.4 is 5.32 Å². The third-order valence-corrected chi connectivity index (χ3v) is 7.56. The molecule has 0 aliphatic heterocycles. The topological polar surface area (TPSA) is 80.6 Å². The molecule has 1 aromatic heterocycles. The zero-order valence-corrected chi connectivity index (χ0v) is 25.8. The Morgan fingerprint density at radius 1 is 1.12 bits per heavy atom. The molecule has 41 heavy (non-hydrogen) atoms. The van der Waals surface area contributed by atoms with Gasteiger partial charge in [-0.25, -0.2) is 4.79 Å². The fourth-order valence-electron chi connectivity index (χ4n) is 4.70. The van der Waals surface area contributed by atoms with E-state index in [2.05, 4.69) is 42.4 Å². The summed E-state index contributed by atoms with van der Waals surface area (Å²) in [6.07, 6.45) is 2.63. The van der Waals surface area contributed by atoms with Crippen molar-refractivity contribution in [2.45, 2.75) is 73.6 Å². The lowest BCUT2D eigenvalue weighted by molar-refractivity contribution is -0.150. The van der Waals surface area contributed by atoms with Crippen molar-refractivity contribution in [2.24, 2.45) is 5.92 Å². The molecular weight excluding hydrogens is 536 g/mol. The van der Waals surface area contributed by atoms with Crippen molar-refractivity contribution in [1.29, 1.82) is 0 Å². The Balaban J connectivity index is 1.86. The van der Waals surface area contributed by atoms with Gasteiger partial charge in [-0.15, -0.1) is 0 Å². The number of allylic oxidation sites excluding steroid dienone is 4. The summed E-state index contributed by atoms with van der Waals surface area (Å²) in [4.78, 5) is 24.8. The average Bonchev–Trinajstić information content (AvgIpc) is 3.16. The molecule has 1 heterocycles. The van der Waals surface area contributed by atoms with E-state index in [0.717, 1.165) is 33.3 Å². The molecule has 0 fully saturated rings. The molecule has 0 bridgehead atoms. The van der Waals surface area contributed by atoms with Gasteiger partial charge in [0.2, 0.25) is 0 Å². The lowest BCUT2D eigenvalue weighted by Gasteiger charge is -2.20. The molecule has 2 aromatic carbocycles. The predicted molar refractivity (Wildman–Crippen MR) is 167 cm³/mol. The Hall–Kier alpha value is -3.77. The van der Waals surface area contributed by atoms with E-state index >= 15 is 0 Å². The zero-order valence-electron chi connectivity index (χ0n) is 25.0.